The monoisotopic (exact) mass is 1770 g/mol. The highest BCUT2D eigenvalue weighted by atomic mass is 16.5. The molecule has 0 aromatic carbocycles. The molecular formula is C112H236N4O8. The van der Waals surface area contributed by atoms with Crippen molar-refractivity contribution in [3.63, 3.8) is 0 Å². The molecule has 0 spiro atoms. The molecule has 10 aliphatic carbocycles. The predicted molar refractivity (Wildman–Crippen MR) is 555 cm³/mol. The molecule has 0 aromatic heterocycles. The Morgan fingerprint density at radius 2 is 0.258 bits per heavy atom. The van der Waals surface area contributed by atoms with Crippen LogP contribution in [0, 0.1) is 118 Å². The Kier molecular flexibility index (Phi) is 120. The van der Waals surface area contributed by atoms with Gasteiger partial charge in [-0.2, -0.15) is 0 Å². The topological polar surface area (TPSA) is 169 Å². The summed E-state index contributed by atoms with van der Waals surface area (Å²) in [5.41, 5.74) is 0. The van der Waals surface area contributed by atoms with Gasteiger partial charge in [0.05, 0.1) is 25.0 Å². The van der Waals surface area contributed by atoms with Gasteiger partial charge in [-0.3, -0.25) is 28.8 Å². The molecule has 752 valence electrons. The van der Waals surface area contributed by atoms with Crippen molar-refractivity contribution in [3.05, 3.63) is 0 Å². The number of nitrogens with one attached hydrogen (secondary N) is 4. The maximum Gasteiger partial charge on any atom is 0.308 e. The maximum absolute atomic E-state index is 11.4. The highest BCUT2D eigenvalue weighted by Gasteiger charge is 2.30. The van der Waals surface area contributed by atoms with Crippen LogP contribution in [0.5, 0.6) is 0 Å². The smallest absolute Gasteiger partial charge is 0.308 e. The summed E-state index contributed by atoms with van der Waals surface area (Å²) in [7, 11) is 0. The minimum absolute atomic E-state index is 0.0180. The Morgan fingerprint density at radius 3 is 0.347 bits per heavy atom. The lowest BCUT2D eigenvalue weighted by Crippen LogP contribution is -2.32. The first kappa shape index (κ1) is 141. The van der Waals surface area contributed by atoms with Gasteiger partial charge < -0.3 is 30.7 Å². The quantitative estimate of drug-likeness (QED) is 0.140. The van der Waals surface area contributed by atoms with Crippen molar-refractivity contribution < 1.29 is 38.2 Å². The second-order valence-corrected chi connectivity index (χ2v) is 36.3. The zero-order valence-corrected chi connectivity index (χ0v) is 92.3. The lowest BCUT2D eigenvalue weighted by molar-refractivity contribution is -0.150. The van der Waals surface area contributed by atoms with Gasteiger partial charge in [-0.25, -0.2) is 0 Å². The summed E-state index contributed by atoms with van der Waals surface area (Å²) in [5.74, 6) is 15.8. The first-order chi connectivity index (χ1) is 59.6. The lowest BCUT2D eigenvalue weighted by Gasteiger charge is -2.24. The summed E-state index contributed by atoms with van der Waals surface area (Å²) >= 11 is 0. The van der Waals surface area contributed by atoms with Crippen LogP contribution in [-0.2, 0) is 38.2 Å². The van der Waals surface area contributed by atoms with Gasteiger partial charge in [0.25, 0.3) is 0 Å². The van der Waals surface area contributed by atoms with Crippen molar-refractivity contribution >= 4 is 35.6 Å². The molecule has 12 nitrogen and oxygen atoms in total. The van der Waals surface area contributed by atoms with Crippen molar-refractivity contribution in [3.8, 4) is 0 Å². The van der Waals surface area contributed by atoms with E-state index in [9.17, 15) is 28.8 Å². The summed E-state index contributed by atoms with van der Waals surface area (Å²) in [5, 5.41) is 11.6. The van der Waals surface area contributed by atoms with Gasteiger partial charge in [0, 0.05) is 49.9 Å². The number of carbonyl (C=O) groups is 6. The van der Waals surface area contributed by atoms with Crippen LogP contribution >= 0.6 is 0 Å². The molecule has 4 N–H and O–H groups in total. The van der Waals surface area contributed by atoms with E-state index in [1.807, 2.05) is 180 Å². The Morgan fingerprint density at radius 1 is 0.169 bits per heavy atom. The predicted octanol–water partition coefficient (Wildman–Crippen LogP) is 34.1. The van der Waals surface area contributed by atoms with E-state index in [2.05, 4.69) is 118 Å². The minimum Gasteiger partial charge on any atom is -0.466 e. The summed E-state index contributed by atoms with van der Waals surface area (Å²) in [4.78, 5) is 68.1. The molecule has 0 bridgehead atoms. The lowest BCUT2D eigenvalue weighted by atomic mass is 9.82. The van der Waals surface area contributed by atoms with Crippen molar-refractivity contribution in [2.24, 2.45) is 118 Å². The molecular weight excluding hydrogens is 1530 g/mol. The van der Waals surface area contributed by atoms with Gasteiger partial charge in [-0.05, 0) is 278 Å². The third-order valence-electron chi connectivity index (χ3n) is 25.4. The fraction of sp³-hybridized carbons (Fsp3) is 0.946. The third kappa shape index (κ3) is 85.6. The average Bonchev–Trinajstić information content (AvgIpc) is 0.916. The second kappa shape index (κ2) is 105. The zero-order chi connectivity index (χ0) is 97.8. The fourth-order valence-corrected chi connectivity index (χ4v) is 16.6. The van der Waals surface area contributed by atoms with Gasteiger partial charge in [0.2, 0.25) is 23.6 Å². The molecule has 0 saturated heterocycles. The highest BCUT2D eigenvalue weighted by molar-refractivity contribution is 5.80. The Hall–Kier alpha value is -3.18. The molecule has 10 fully saturated rings. The number of rotatable bonds is 12. The molecule has 10 aliphatic rings. The standard InChI is InChI=1S/4C10H19NO.2C10H18O2.4C8H16.10C2H6/c4*1-3-11-10(12)9-6-4-8(2)5-7-9;2*1-3-12-10(11)9-6-4-8(2)5-7-9;4*1-7-3-5-8(2)6-4-7;10*1-2/h4*8-9H,3-7H2,1-2H3,(H,11,12);2*8-9H,3-7H2,1-2H3;4*7-8H,3-6H2,1-2H3;10*1-2H3. The normalized spacial score (nSPS) is 28.1. The SMILES string of the molecule is CC.CC.CC.CC.CC.CC.CC.CC.CC.CC.CC1CCC(C)CC1.CC1CCC(C)CC1.CC1CCC(C)CC1.CC1CCC(C)CC1.CCNC(=O)C1CCC(C)CC1.CCNC(=O)C1CCC(C)CC1.CCNC(=O)C1CCC(C)CC1.CCNC(=O)C1CCC(C)CC1.CCOC(=O)C1CCC(C)CC1.CCOC(=O)C1CCC(C)CC1. The number of amides is 4. The molecule has 0 heterocycles. The van der Waals surface area contributed by atoms with E-state index in [4.69, 9.17) is 9.47 Å². The van der Waals surface area contributed by atoms with Crippen LogP contribution in [0.25, 0.3) is 0 Å². The van der Waals surface area contributed by atoms with Crippen LogP contribution in [0.4, 0.5) is 0 Å². The van der Waals surface area contributed by atoms with Crippen LogP contribution < -0.4 is 21.3 Å². The van der Waals surface area contributed by atoms with Crippen molar-refractivity contribution in [1.29, 1.82) is 0 Å². The van der Waals surface area contributed by atoms with Crippen LogP contribution in [0.15, 0.2) is 0 Å². The molecule has 0 unspecified atom stereocenters. The molecule has 124 heavy (non-hydrogen) atoms. The molecule has 10 rings (SSSR count). The Balaban J connectivity index is -0.000000143. The average molecular weight is 1770 g/mol. The van der Waals surface area contributed by atoms with Gasteiger partial charge in [-0.15, -0.1) is 0 Å². The van der Waals surface area contributed by atoms with Crippen LogP contribution in [0.1, 0.15) is 534 Å². The largest absolute Gasteiger partial charge is 0.466 e. The van der Waals surface area contributed by atoms with Gasteiger partial charge in [0.1, 0.15) is 0 Å². The Bertz CT molecular complexity index is 1700. The zero-order valence-electron chi connectivity index (χ0n) is 92.3. The van der Waals surface area contributed by atoms with Crippen molar-refractivity contribution in [2.75, 3.05) is 39.4 Å². The summed E-state index contributed by atoms with van der Waals surface area (Å²) in [6, 6.07) is 0. The summed E-state index contributed by atoms with van der Waals surface area (Å²) < 4.78 is 9.96. The van der Waals surface area contributed by atoms with E-state index < -0.39 is 0 Å². The van der Waals surface area contributed by atoms with Gasteiger partial charge in [-0.1, -0.05) is 338 Å². The highest BCUT2D eigenvalue weighted by Crippen LogP contribution is 2.35. The van der Waals surface area contributed by atoms with Crippen LogP contribution in [0.3, 0.4) is 0 Å². The fourth-order valence-electron chi connectivity index (χ4n) is 16.6. The van der Waals surface area contributed by atoms with E-state index in [0.717, 1.165) is 186 Å². The Labute approximate surface area is 782 Å². The van der Waals surface area contributed by atoms with Crippen LogP contribution in [-0.4, -0.2) is 75.0 Å². The first-order valence-electron chi connectivity index (χ1n) is 55.0. The van der Waals surface area contributed by atoms with E-state index >= 15 is 0 Å². The van der Waals surface area contributed by atoms with Crippen molar-refractivity contribution in [2.45, 2.75) is 534 Å². The van der Waals surface area contributed by atoms with E-state index in [-0.39, 0.29) is 47.4 Å². The molecule has 4 amide bonds. The van der Waals surface area contributed by atoms with Gasteiger partial charge in [0.15, 0.2) is 0 Å². The molecule has 0 radical (unpaired) electrons. The van der Waals surface area contributed by atoms with Gasteiger partial charge >= 0.3 is 11.9 Å². The minimum atomic E-state index is 0.0180. The van der Waals surface area contributed by atoms with Crippen LogP contribution in [0.2, 0.25) is 0 Å². The molecule has 12 heteroatoms. The van der Waals surface area contributed by atoms with Crippen molar-refractivity contribution in [1.82, 2.24) is 21.3 Å². The second-order valence-electron chi connectivity index (χ2n) is 36.3. The number of esters is 2. The molecule has 10 saturated carbocycles. The summed E-state index contributed by atoms with van der Waals surface area (Å²) in [6.07, 6.45) is 50.9. The van der Waals surface area contributed by atoms with E-state index in [1.54, 1.807) is 0 Å². The molecule has 0 aromatic rings. The maximum atomic E-state index is 11.4. The molecule has 0 aliphatic heterocycles. The number of carbonyl (C=O) groups excluding carboxylic acids is 6. The number of hydrogen-bond acceptors (Lipinski definition) is 8. The number of hydrogen-bond donors (Lipinski definition) is 4. The number of ether oxygens (including phenoxy) is 2. The van der Waals surface area contributed by atoms with E-state index in [0.29, 0.717) is 36.9 Å². The third-order valence-corrected chi connectivity index (χ3v) is 25.4. The molecule has 0 atom stereocenters. The summed E-state index contributed by atoms with van der Waals surface area (Å²) in [6.45, 7) is 88.3. The van der Waals surface area contributed by atoms with E-state index in [1.165, 1.54) is 180 Å². The first-order valence-corrected chi connectivity index (χ1v) is 55.0.